The highest BCUT2D eigenvalue weighted by Gasteiger charge is 2.41. The minimum absolute atomic E-state index is 0.0153. The van der Waals surface area contributed by atoms with Crippen LogP contribution in [-0.4, -0.2) is 48.3 Å². The molecule has 0 saturated carbocycles. The van der Waals surface area contributed by atoms with Crippen molar-refractivity contribution < 1.29 is 14.3 Å². The fourth-order valence-electron chi connectivity index (χ4n) is 4.15. The van der Waals surface area contributed by atoms with Gasteiger partial charge >= 0.3 is 0 Å². The van der Waals surface area contributed by atoms with Gasteiger partial charge in [-0.15, -0.1) is 0 Å². The van der Waals surface area contributed by atoms with Gasteiger partial charge < -0.3 is 9.64 Å². The van der Waals surface area contributed by atoms with Crippen molar-refractivity contribution in [2.75, 3.05) is 31.2 Å². The molecule has 0 radical (unpaired) electrons. The minimum Gasteiger partial charge on any atom is -0.378 e. The Morgan fingerprint density at radius 3 is 2.41 bits per heavy atom. The van der Waals surface area contributed by atoms with Gasteiger partial charge in [-0.2, -0.15) is 5.26 Å². The zero-order valence-electron chi connectivity index (χ0n) is 19.4. The molecule has 0 N–H and O–H groups in total. The number of morpholine rings is 1. The van der Waals surface area contributed by atoms with Crippen molar-refractivity contribution in [3.05, 3.63) is 76.3 Å². The summed E-state index contributed by atoms with van der Waals surface area (Å²) in [5, 5.41) is 9.99. The monoisotopic (exact) mass is 475 g/mol. The van der Waals surface area contributed by atoms with E-state index in [2.05, 4.69) is 37.3 Å². The van der Waals surface area contributed by atoms with E-state index in [1.165, 1.54) is 17.3 Å². The number of para-hydroxylation sites is 1. The van der Waals surface area contributed by atoms with E-state index in [1.54, 1.807) is 9.80 Å². The molecule has 7 heteroatoms. The van der Waals surface area contributed by atoms with Crippen LogP contribution in [0.2, 0.25) is 0 Å². The summed E-state index contributed by atoms with van der Waals surface area (Å²) in [6.45, 7) is 3.96. The first-order chi connectivity index (χ1) is 16.6. The molecule has 2 fully saturated rings. The number of benzene rings is 2. The number of nitrogens with zero attached hydrogens (tertiary/aromatic N) is 3. The van der Waals surface area contributed by atoms with Crippen molar-refractivity contribution in [3.8, 4) is 6.07 Å². The molecular weight excluding hydrogens is 446 g/mol. The topological polar surface area (TPSA) is 73.6 Å². The smallest absolute Gasteiger partial charge is 0.267 e. The number of aryl methyl sites for hydroxylation is 1. The molecule has 176 valence electrons. The standard InChI is InChI=1S/C27H29N3O3S/c1-2-3-7-20-10-12-21(13-11-20)18-24-26(32)30(22-8-5-4-6-9-22)27(34-24)23(19-28)25(31)29-14-16-33-17-15-29/h4-6,8-13,24H,2-3,7,14-18H2,1H3/b27-23+/t24-/m1/s1. The highest BCUT2D eigenvalue weighted by Crippen LogP contribution is 2.42. The van der Waals surface area contributed by atoms with Gasteiger partial charge in [0.2, 0.25) is 5.91 Å². The van der Waals surface area contributed by atoms with E-state index >= 15 is 0 Å². The third kappa shape index (κ3) is 5.35. The molecule has 0 aliphatic carbocycles. The number of amides is 2. The first-order valence-electron chi connectivity index (χ1n) is 11.8. The lowest BCUT2D eigenvalue weighted by molar-refractivity contribution is -0.130. The lowest BCUT2D eigenvalue weighted by atomic mass is 10.0. The van der Waals surface area contributed by atoms with Crippen molar-refractivity contribution in [2.45, 2.75) is 37.9 Å². The Morgan fingerprint density at radius 2 is 1.76 bits per heavy atom. The molecule has 4 rings (SSSR count). The number of rotatable bonds is 7. The van der Waals surface area contributed by atoms with Crippen LogP contribution < -0.4 is 4.90 Å². The number of ether oxygens (including phenoxy) is 1. The average molecular weight is 476 g/mol. The second-order valence-corrected chi connectivity index (χ2v) is 9.63. The second kappa shape index (κ2) is 11.4. The van der Waals surface area contributed by atoms with Gasteiger partial charge in [0.1, 0.15) is 16.7 Å². The Bertz CT molecular complexity index is 1090. The zero-order valence-corrected chi connectivity index (χ0v) is 20.2. The van der Waals surface area contributed by atoms with Gasteiger partial charge in [0.15, 0.2) is 0 Å². The van der Waals surface area contributed by atoms with Crippen LogP contribution in [0.1, 0.15) is 30.9 Å². The summed E-state index contributed by atoms with van der Waals surface area (Å²) in [4.78, 5) is 30.0. The Kier molecular flexibility index (Phi) is 8.04. The summed E-state index contributed by atoms with van der Waals surface area (Å²) in [5.41, 5.74) is 3.04. The third-order valence-corrected chi connectivity index (χ3v) is 7.33. The van der Waals surface area contributed by atoms with Crippen LogP contribution in [0.15, 0.2) is 65.2 Å². The van der Waals surface area contributed by atoms with E-state index in [0.717, 1.165) is 24.8 Å². The molecule has 0 bridgehead atoms. The van der Waals surface area contributed by atoms with Crippen molar-refractivity contribution in [1.82, 2.24) is 4.90 Å². The summed E-state index contributed by atoms with van der Waals surface area (Å²) in [5.74, 6) is -0.452. The SMILES string of the molecule is CCCCc1ccc(C[C@H]2S/C(=C(\C#N)C(=O)N3CCOCC3)N(c3ccccc3)C2=O)cc1. The Balaban J connectivity index is 1.63. The number of carbonyl (C=O) groups is 2. The fourth-order valence-corrected chi connectivity index (χ4v) is 5.45. The summed E-state index contributed by atoms with van der Waals surface area (Å²) in [6, 6.07) is 19.8. The Labute approximate surface area is 205 Å². The van der Waals surface area contributed by atoms with Crippen LogP contribution in [0.3, 0.4) is 0 Å². The fraction of sp³-hybridized carbons (Fsp3) is 0.370. The number of nitriles is 1. The molecule has 2 aliphatic heterocycles. The summed E-state index contributed by atoms with van der Waals surface area (Å²) in [7, 11) is 0. The molecule has 1 atom stereocenters. The first kappa shape index (κ1) is 24.1. The number of anilines is 1. The molecule has 2 amide bonds. The maximum absolute atomic E-state index is 13.6. The summed E-state index contributed by atoms with van der Waals surface area (Å²) >= 11 is 1.31. The van der Waals surface area contributed by atoms with Crippen LogP contribution in [0.4, 0.5) is 5.69 Å². The van der Waals surface area contributed by atoms with E-state index < -0.39 is 5.25 Å². The molecule has 34 heavy (non-hydrogen) atoms. The lowest BCUT2D eigenvalue weighted by Crippen LogP contribution is -2.42. The van der Waals surface area contributed by atoms with E-state index in [4.69, 9.17) is 4.74 Å². The van der Waals surface area contributed by atoms with Crippen LogP contribution in [0.5, 0.6) is 0 Å². The van der Waals surface area contributed by atoms with Gasteiger partial charge in [-0.3, -0.25) is 14.5 Å². The number of carbonyl (C=O) groups excluding carboxylic acids is 2. The van der Waals surface area contributed by atoms with Crippen molar-refractivity contribution in [2.24, 2.45) is 0 Å². The lowest BCUT2D eigenvalue weighted by Gasteiger charge is -2.27. The number of thioether (sulfide) groups is 1. The predicted octanol–water partition coefficient (Wildman–Crippen LogP) is 4.31. The van der Waals surface area contributed by atoms with Crippen molar-refractivity contribution in [1.29, 1.82) is 5.26 Å². The molecule has 2 heterocycles. The quantitative estimate of drug-likeness (QED) is 0.441. The molecular formula is C27H29N3O3S. The van der Waals surface area contributed by atoms with E-state index in [-0.39, 0.29) is 17.4 Å². The molecule has 6 nitrogen and oxygen atoms in total. The minimum atomic E-state index is -0.405. The van der Waals surface area contributed by atoms with Gasteiger partial charge in [-0.1, -0.05) is 67.6 Å². The maximum atomic E-state index is 13.6. The summed E-state index contributed by atoms with van der Waals surface area (Å²) in [6.07, 6.45) is 3.90. The number of hydrogen-bond donors (Lipinski definition) is 0. The predicted molar refractivity (Wildman–Crippen MR) is 134 cm³/mol. The van der Waals surface area contributed by atoms with E-state index in [0.29, 0.717) is 43.4 Å². The van der Waals surface area contributed by atoms with Gasteiger partial charge in [0.05, 0.1) is 18.5 Å². The Morgan fingerprint density at radius 1 is 1.09 bits per heavy atom. The molecule has 2 aliphatic rings. The van der Waals surface area contributed by atoms with Gasteiger partial charge in [0, 0.05) is 18.8 Å². The maximum Gasteiger partial charge on any atom is 0.267 e. The zero-order chi connectivity index (χ0) is 23.9. The highest BCUT2D eigenvalue weighted by molar-refractivity contribution is 8.05. The molecule has 0 aromatic heterocycles. The molecule has 2 aromatic carbocycles. The first-order valence-corrected chi connectivity index (χ1v) is 12.6. The van der Waals surface area contributed by atoms with Gasteiger partial charge in [0.25, 0.3) is 5.91 Å². The Hall–Kier alpha value is -3.08. The normalized spacial score (nSPS) is 19.8. The molecule has 2 saturated heterocycles. The van der Waals surface area contributed by atoms with Crippen LogP contribution in [0, 0.1) is 11.3 Å². The number of hydrogen-bond acceptors (Lipinski definition) is 5. The van der Waals surface area contributed by atoms with E-state index in [9.17, 15) is 14.9 Å². The van der Waals surface area contributed by atoms with Crippen molar-refractivity contribution >= 4 is 29.3 Å². The van der Waals surface area contributed by atoms with Crippen LogP contribution in [-0.2, 0) is 27.2 Å². The summed E-state index contributed by atoms with van der Waals surface area (Å²) < 4.78 is 5.35. The van der Waals surface area contributed by atoms with Crippen LogP contribution in [0.25, 0.3) is 0 Å². The molecule has 0 unspecified atom stereocenters. The average Bonchev–Trinajstić information content (AvgIpc) is 3.20. The van der Waals surface area contributed by atoms with E-state index in [1.807, 2.05) is 30.3 Å². The van der Waals surface area contributed by atoms with Crippen molar-refractivity contribution in [3.63, 3.8) is 0 Å². The largest absolute Gasteiger partial charge is 0.378 e. The highest BCUT2D eigenvalue weighted by atomic mass is 32.2. The second-order valence-electron chi connectivity index (χ2n) is 8.44. The molecule has 0 spiro atoms. The molecule has 2 aromatic rings. The number of unbranched alkanes of at least 4 members (excludes halogenated alkanes) is 1. The van der Waals surface area contributed by atoms with Crippen LogP contribution >= 0.6 is 11.8 Å². The van der Waals surface area contributed by atoms with Gasteiger partial charge in [-0.05, 0) is 42.5 Å². The van der Waals surface area contributed by atoms with Gasteiger partial charge in [-0.25, -0.2) is 0 Å². The third-order valence-electron chi connectivity index (χ3n) is 6.07.